The number of anilines is 2. The first kappa shape index (κ1) is 27.4. The van der Waals surface area contributed by atoms with Crippen LogP contribution in [0, 0.1) is 29.2 Å². The van der Waals surface area contributed by atoms with E-state index in [2.05, 4.69) is 20.2 Å². The topological polar surface area (TPSA) is 78.4 Å². The summed E-state index contributed by atoms with van der Waals surface area (Å²) in [5.74, 6) is -4.23. The van der Waals surface area contributed by atoms with Gasteiger partial charge in [-0.15, -0.1) is 0 Å². The number of nitrogens with zero attached hydrogens (tertiary/aromatic N) is 3. The summed E-state index contributed by atoms with van der Waals surface area (Å²) >= 11 is 0. The first-order chi connectivity index (χ1) is 17.9. The minimum absolute atomic E-state index is 0.274. The van der Waals surface area contributed by atoms with Crippen molar-refractivity contribution in [2.45, 2.75) is 44.3 Å². The van der Waals surface area contributed by atoms with E-state index in [0.717, 1.165) is 43.9 Å². The van der Waals surface area contributed by atoms with Crippen LogP contribution in [0.4, 0.5) is 42.4 Å². The summed E-state index contributed by atoms with van der Waals surface area (Å²) in [5, 5.41) is 10.5. The van der Waals surface area contributed by atoms with Gasteiger partial charge in [-0.05, 0) is 49.7 Å². The number of hydrogen-bond acceptors (Lipinski definition) is 5. The molecule has 0 spiro atoms. The van der Waals surface area contributed by atoms with Gasteiger partial charge in [-0.25, -0.2) is 32.3 Å². The molecule has 2 fully saturated rings. The lowest BCUT2D eigenvalue weighted by atomic mass is 9.90. The van der Waals surface area contributed by atoms with Crippen molar-refractivity contribution in [2.75, 3.05) is 23.3 Å². The van der Waals surface area contributed by atoms with E-state index < -0.39 is 35.4 Å². The van der Waals surface area contributed by atoms with E-state index in [9.17, 15) is 30.7 Å². The molecular formula is C25H23F7N4O2. The maximum Gasteiger partial charge on any atom is 0.490 e. The molecule has 6 nitrogen and oxygen atoms in total. The molecule has 0 bridgehead atoms. The number of aliphatic carboxylic acids is 1. The summed E-state index contributed by atoms with van der Waals surface area (Å²) < 4.78 is 86.3. The molecule has 204 valence electrons. The summed E-state index contributed by atoms with van der Waals surface area (Å²) in [7, 11) is 0. The summed E-state index contributed by atoms with van der Waals surface area (Å²) in [5.41, 5.74) is 1.15. The Kier molecular flexibility index (Phi) is 7.93. The van der Waals surface area contributed by atoms with E-state index in [1.54, 1.807) is 0 Å². The van der Waals surface area contributed by atoms with Gasteiger partial charge in [0.05, 0.1) is 11.0 Å². The molecule has 1 saturated heterocycles. The maximum absolute atomic E-state index is 14.0. The smallest absolute Gasteiger partial charge is 0.475 e. The van der Waals surface area contributed by atoms with Crippen LogP contribution in [-0.2, 0) is 11.2 Å². The molecule has 1 saturated carbocycles. The lowest BCUT2D eigenvalue weighted by Crippen LogP contribution is -2.35. The molecule has 0 atom stereocenters. The molecule has 3 aromatic rings. The Bertz CT molecular complexity index is 1320. The third-order valence-corrected chi connectivity index (χ3v) is 6.29. The lowest BCUT2D eigenvalue weighted by molar-refractivity contribution is -0.192. The van der Waals surface area contributed by atoms with Gasteiger partial charge in [-0.2, -0.15) is 13.2 Å². The number of benzene rings is 2. The molecule has 13 heteroatoms. The van der Waals surface area contributed by atoms with Crippen LogP contribution in [0.1, 0.15) is 31.2 Å². The highest BCUT2D eigenvalue weighted by atomic mass is 19.4. The van der Waals surface area contributed by atoms with Crippen LogP contribution in [0.3, 0.4) is 0 Å². The fraction of sp³-hybridized carbons (Fsp3) is 0.400. The fourth-order valence-corrected chi connectivity index (χ4v) is 4.13. The number of carbonyl (C=O) groups is 1. The summed E-state index contributed by atoms with van der Waals surface area (Å²) in [6, 6.07) is 6.20. The number of aromatic nitrogens is 2. The number of carboxylic acids is 1. The Labute approximate surface area is 212 Å². The predicted molar refractivity (Wildman–Crippen MR) is 125 cm³/mol. The van der Waals surface area contributed by atoms with Gasteiger partial charge in [0.15, 0.2) is 23.3 Å². The molecule has 38 heavy (non-hydrogen) atoms. The number of hydrogen-bond donors (Lipinski definition) is 2. The second-order valence-corrected chi connectivity index (χ2v) is 9.24. The number of nitrogens with one attached hydrogen (secondary N) is 1. The van der Waals surface area contributed by atoms with Gasteiger partial charge in [-0.1, -0.05) is 6.07 Å². The first-order valence-corrected chi connectivity index (χ1v) is 11.8. The van der Waals surface area contributed by atoms with Crippen LogP contribution < -0.4 is 10.2 Å². The second-order valence-electron chi connectivity index (χ2n) is 9.24. The largest absolute Gasteiger partial charge is 0.490 e. The van der Waals surface area contributed by atoms with Crippen molar-refractivity contribution >= 4 is 28.6 Å². The normalized spacial score (nSPS) is 16.2. The molecule has 1 aliphatic heterocycles. The Morgan fingerprint density at radius 2 is 1.50 bits per heavy atom. The zero-order valence-electron chi connectivity index (χ0n) is 19.8. The van der Waals surface area contributed by atoms with Gasteiger partial charge in [0, 0.05) is 37.3 Å². The molecule has 5 rings (SSSR count). The summed E-state index contributed by atoms with van der Waals surface area (Å²) in [4.78, 5) is 20.1. The Balaban J connectivity index is 0.000000426. The Morgan fingerprint density at radius 1 is 0.921 bits per heavy atom. The van der Waals surface area contributed by atoms with Crippen molar-refractivity contribution in [1.82, 2.24) is 9.97 Å². The summed E-state index contributed by atoms with van der Waals surface area (Å²) in [6.07, 6.45) is -0.806. The van der Waals surface area contributed by atoms with E-state index >= 15 is 0 Å². The quantitative estimate of drug-likeness (QED) is 0.393. The van der Waals surface area contributed by atoms with Crippen molar-refractivity contribution in [2.24, 2.45) is 5.92 Å². The predicted octanol–water partition coefficient (Wildman–Crippen LogP) is 5.85. The van der Waals surface area contributed by atoms with Crippen molar-refractivity contribution < 1.29 is 40.6 Å². The van der Waals surface area contributed by atoms with Crippen LogP contribution in [0.15, 0.2) is 30.3 Å². The average Bonchev–Trinajstić information content (AvgIpc) is 3.66. The highest BCUT2D eigenvalue weighted by Gasteiger charge is 2.38. The van der Waals surface area contributed by atoms with Gasteiger partial charge in [0.1, 0.15) is 11.6 Å². The molecule has 1 aromatic heterocycles. The second kappa shape index (κ2) is 11.0. The van der Waals surface area contributed by atoms with Crippen molar-refractivity contribution in [3.63, 3.8) is 0 Å². The molecule has 2 heterocycles. The molecule has 0 radical (unpaired) electrons. The van der Waals surface area contributed by atoms with E-state index in [1.165, 1.54) is 12.1 Å². The standard InChI is InChI=1S/C23H22F4N4.C2HF3O2/c24-15-2-1-14(17(25)10-15)9-13-5-7-31(8-6-13)23-22(28-16-3-4-16)29-20-11-18(26)19(27)12-21(20)30-23;3-2(4,5)1(6)7/h1-2,10-13,16H,3-9H2,(H,28,29);(H,6,7). The monoisotopic (exact) mass is 544 g/mol. The maximum atomic E-state index is 14.0. The average molecular weight is 544 g/mol. The SMILES string of the molecule is Fc1ccc(CC2CCN(c3nc4cc(F)c(F)cc4nc3NC3CC3)CC2)c(F)c1.O=C(O)C(F)(F)F. The van der Waals surface area contributed by atoms with Crippen LogP contribution >= 0.6 is 0 Å². The number of carboxylic acid groups (broad SMARTS) is 1. The van der Waals surface area contributed by atoms with Crippen LogP contribution in [0.2, 0.25) is 0 Å². The number of alkyl halides is 3. The Morgan fingerprint density at radius 3 is 2.03 bits per heavy atom. The van der Waals surface area contributed by atoms with Gasteiger partial charge in [-0.3, -0.25) is 0 Å². The van der Waals surface area contributed by atoms with Gasteiger partial charge >= 0.3 is 12.1 Å². The highest BCUT2D eigenvalue weighted by Crippen LogP contribution is 2.34. The molecule has 2 N–H and O–H groups in total. The van der Waals surface area contributed by atoms with E-state index in [-0.39, 0.29) is 5.92 Å². The summed E-state index contributed by atoms with van der Waals surface area (Å²) in [6.45, 7) is 1.38. The van der Waals surface area contributed by atoms with E-state index in [1.807, 2.05) is 0 Å². The van der Waals surface area contributed by atoms with Crippen molar-refractivity contribution in [3.05, 3.63) is 59.2 Å². The third kappa shape index (κ3) is 6.81. The zero-order valence-corrected chi connectivity index (χ0v) is 19.8. The zero-order chi connectivity index (χ0) is 27.6. The van der Waals surface area contributed by atoms with Crippen LogP contribution in [-0.4, -0.2) is 46.4 Å². The molecule has 1 aliphatic carbocycles. The van der Waals surface area contributed by atoms with Crippen LogP contribution in [0.5, 0.6) is 0 Å². The van der Waals surface area contributed by atoms with E-state index in [0.29, 0.717) is 53.8 Å². The molecule has 0 unspecified atom stereocenters. The number of rotatable bonds is 5. The van der Waals surface area contributed by atoms with Gasteiger partial charge in [0.2, 0.25) is 0 Å². The lowest BCUT2D eigenvalue weighted by Gasteiger charge is -2.34. The Hall–Kier alpha value is -3.64. The minimum Gasteiger partial charge on any atom is -0.475 e. The molecule has 0 amide bonds. The van der Waals surface area contributed by atoms with E-state index in [4.69, 9.17) is 9.90 Å². The van der Waals surface area contributed by atoms with Gasteiger partial charge < -0.3 is 15.3 Å². The third-order valence-electron chi connectivity index (χ3n) is 6.29. The van der Waals surface area contributed by atoms with Crippen LogP contribution in [0.25, 0.3) is 11.0 Å². The highest BCUT2D eigenvalue weighted by molar-refractivity contribution is 5.81. The van der Waals surface area contributed by atoms with Gasteiger partial charge in [0.25, 0.3) is 0 Å². The molecule has 2 aliphatic rings. The van der Waals surface area contributed by atoms with Crippen molar-refractivity contribution in [3.8, 4) is 0 Å². The molecular weight excluding hydrogens is 521 g/mol. The fourth-order valence-electron chi connectivity index (χ4n) is 4.13. The number of fused-ring (bicyclic) bond motifs is 1. The van der Waals surface area contributed by atoms with Crippen molar-refractivity contribution in [1.29, 1.82) is 0 Å². The molecule has 2 aromatic carbocycles. The first-order valence-electron chi connectivity index (χ1n) is 11.8. The minimum atomic E-state index is -5.08. The number of piperidine rings is 1. The number of halogens is 7.